The van der Waals surface area contributed by atoms with Crippen LogP contribution in [0, 0.1) is 11.7 Å². The Balaban J connectivity index is 1.23. The molecule has 1 saturated carbocycles. The number of fused-ring (bicyclic) bond motifs is 2. The number of hydrogen-bond acceptors (Lipinski definition) is 9. The molecule has 1 aromatic carbocycles. The van der Waals surface area contributed by atoms with Gasteiger partial charge in [0.15, 0.2) is 21.4 Å². The molecule has 234 valence electrons. The van der Waals surface area contributed by atoms with Gasteiger partial charge in [0, 0.05) is 35.7 Å². The number of carbonyl (C=O) groups is 1. The number of anilines is 1. The molecule has 12 nitrogen and oxygen atoms in total. The Hall–Kier alpha value is -5.08. The molecule has 1 atom stereocenters. The van der Waals surface area contributed by atoms with Crippen LogP contribution in [0.2, 0.25) is 0 Å². The summed E-state index contributed by atoms with van der Waals surface area (Å²) in [5, 5.41) is 9.08. The summed E-state index contributed by atoms with van der Waals surface area (Å²) in [5.74, 6) is -0.210. The van der Waals surface area contributed by atoms with Gasteiger partial charge in [-0.3, -0.25) is 19.9 Å². The molecule has 0 radical (unpaired) electrons. The summed E-state index contributed by atoms with van der Waals surface area (Å²) in [4.78, 5) is 34.5. The summed E-state index contributed by atoms with van der Waals surface area (Å²) < 4.78 is 38.8. The predicted octanol–water partition coefficient (Wildman–Crippen LogP) is 5.29. The van der Waals surface area contributed by atoms with Crippen LogP contribution in [0.3, 0.4) is 0 Å². The molecule has 14 heteroatoms. The lowest BCUT2D eigenvalue weighted by atomic mass is 9.88. The van der Waals surface area contributed by atoms with E-state index in [1.807, 2.05) is 18.2 Å². The van der Waals surface area contributed by atoms with Gasteiger partial charge in [-0.2, -0.15) is 5.10 Å². The van der Waals surface area contributed by atoms with E-state index in [9.17, 15) is 17.6 Å². The molecule has 0 spiro atoms. The number of nitrogens with one attached hydrogen (secondary N) is 3. The van der Waals surface area contributed by atoms with Gasteiger partial charge in [-0.15, -0.1) is 0 Å². The quantitative estimate of drug-likeness (QED) is 0.180. The van der Waals surface area contributed by atoms with E-state index in [4.69, 9.17) is 15.7 Å². The zero-order valence-corrected chi connectivity index (χ0v) is 25.6. The molecule has 1 aliphatic rings. The highest BCUT2D eigenvalue weighted by molar-refractivity contribution is 7.90. The third kappa shape index (κ3) is 5.72. The number of nitrogens with zero attached hydrogens (tertiary/aromatic N) is 5. The molecule has 0 saturated heterocycles. The molecular weight excluding hydrogens is 609 g/mol. The number of aromatic nitrogens is 7. The van der Waals surface area contributed by atoms with Gasteiger partial charge in [0.1, 0.15) is 22.2 Å². The highest BCUT2D eigenvalue weighted by Crippen LogP contribution is 2.33. The van der Waals surface area contributed by atoms with Gasteiger partial charge in [-0.05, 0) is 60.9 Å². The first kappa shape index (κ1) is 29.6. The number of H-pyrrole nitrogens is 2. The number of rotatable bonds is 7. The van der Waals surface area contributed by atoms with Crippen molar-refractivity contribution in [2.75, 3.05) is 11.6 Å². The van der Waals surface area contributed by atoms with Crippen LogP contribution in [-0.2, 0) is 14.6 Å². The Morgan fingerprint density at radius 1 is 0.978 bits per heavy atom. The first-order valence-electron chi connectivity index (χ1n) is 14.9. The van der Waals surface area contributed by atoms with Crippen LogP contribution < -0.4 is 11.1 Å². The minimum atomic E-state index is -3.67. The molecule has 6 aromatic rings. The third-order valence-corrected chi connectivity index (χ3v) is 9.49. The van der Waals surface area contributed by atoms with Crippen molar-refractivity contribution in [3.8, 4) is 34.0 Å². The second kappa shape index (κ2) is 11.7. The van der Waals surface area contributed by atoms with E-state index in [2.05, 4.69) is 30.5 Å². The third-order valence-electron chi connectivity index (χ3n) is 8.29. The Morgan fingerprint density at radius 2 is 1.78 bits per heavy atom. The standard InChI is InChI=1S/C32H30FN9O3S/c1-46(44,45)30(34)19-11-18(12-21(33)13-19)26-27-24(9-10-36-26)39-31(40-27)29-28-25(41-42-29)8-7-23(38-28)20-14-22(16-35-15-20)37-32(43)17-5-3-2-4-6-17/h7-17,30H,2-6,34H2,1H3,(H,37,43)(H,39,40)(H,41,42). The van der Waals surface area contributed by atoms with Crippen LogP contribution in [0.15, 0.2) is 61.1 Å². The van der Waals surface area contributed by atoms with Crippen molar-refractivity contribution >= 4 is 43.5 Å². The van der Waals surface area contributed by atoms with E-state index in [0.29, 0.717) is 56.2 Å². The number of sulfone groups is 1. The SMILES string of the molecule is CS(=O)(=O)C(N)c1cc(F)cc(-c2nccc3[nH]c(-c4n[nH]c5ccc(-c6cncc(NC(=O)C7CCCCC7)c6)nc45)nc23)c1. The van der Waals surface area contributed by atoms with Crippen molar-refractivity contribution in [3.05, 3.63) is 72.4 Å². The summed E-state index contributed by atoms with van der Waals surface area (Å²) in [7, 11) is -3.67. The fraction of sp³-hybridized carbons (Fsp3) is 0.250. The van der Waals surface area contributed by atoms with Gasteiger partial charge < -0.3 is 16.0 Å². The van der Waals surface area contributed by atoms with E-state index in [-0.39, 0.29) is 17.4 Å². The lowest BCUT2D eigenvalue weighted by molar-refractivity contribution is -0.120. The Morgan fingerprint density at radius 3 is 2.59 bits per heavy atom. The fourth-order valence-electron chi connectivity index (χ4n) is 5.90. The van der Waals surface area contributed by atoms with E-state index < -0.39 is 21.0 Å². The number of amides is 1. The van der Waals surface area contributed by atoms with Crippen molar-refractivity contribution in [2.24, 2.45) is 11.7 Å². The maximum atomic E-state index is 14.7. The lowest BCUT2D eigenvalue weighted by Gasteiger charge is -2.20. The van der Waals surface area contributed by atoms with Gasteiger partial charge in [0.05, 0.1) is 34.3 Å². The zero-order valence-electron chi connectivity index (χ0n) is 24.8. The van der Waals surface area contributed by atoms with Crippen LogP contribution in [-0.4, -0.2) is 55.7 Å². The van der Waals surface area contributed by atoms with E-state index in [1.165, 1.54) is 18.6 Å². The molecule has 46 heavy (non-hydrogen) atoms. The minimum Gasteiger partial charge on any atom is -0.336 e. The van der Waals surface area contributed by atoms with E-state index >= 15 is 0 Å². The summed E-state index contributed by atoms with van der Waals surface area (Å²) >= 11 is 0. The number of aromatic amines is 2. The van der Waals surface area contributed by atoms with E-state index in [0.717, 1.165) is 43.6 Å². The molecule has 1 fully saturated rings. The molecule has 5 N–H and O–H groups in total. The second-order valence-corrected chi connectivity index (χ2v) is 13.8. The molecule has 5 heterocycles. The van der Waals surface area contributed by atoms with Gasteiger partial charge in [-0.1, -0.05) is 19.3 Å². The molecule has 1 aliphatic carbocycles. The first-order chi connectivity index (χ1) is 22.1. The normalized spacial score (nSPS) is 14.9. The second-order valence-electron chi connectivity index (χ2n) is 11.6. The Bertz CT molecular complexity index is 2230. The van der Waals surface area contributed by atoms with Crippen LogP contribution in [0.5, 0.6) is 0 Å². The lowest BCUT2D eigenvalue weighted by Crippen LogP contribution is -2.24. The molecule has 1 unspecified atom stereocenters. The van der Waals surface area contributed by atoms with Gasteiger partial charge >= 0.3 is 0 Å². The molecule has 1 amide bonds. The van der Waals surface area contributed by atoms with Crippen LogP contribution in [0.1, 0.15) is 43.0 Å². The molecule has 5 aromatic heterocycles. The maximum absolute atomic E-state index is 14.7. The van der Waals surface area contributed by atoms with Crippen molar-refractivity contribution in [3.63, 3.8) is 0 Å². The number of benzene rings is 1. The number of carbonyl (C=O) groups excluding carboxylic acids is 1. The summed E-state index contributed by atoms with van der Waals surface area (Å²) in [6, 6.07) is 11.1. The van der Waals surface area contributed by atoms with Crippen LogP contribution in [0.4, 0.5) is 10.1 Å². The average molecular weight is 640 g/mol. The average Bonchev–Trinajstić information content (AvgIpc) is 3.68. The van der Waals surface area contributed by atoms with Crippen LogP contribution >= 0.6 is 0 Å². The van der Waals surface area contributed by atoms with Gasteiger partial charge in [-0.25, -0.2) is 22.8 Å². The fourth-order valence-corrected chi connectivity index (χ4v) is 6.53. The Kier molecular flexibility index (Phi) is 7.53. The predicted molar refractivity (Wildman–Crippen MR) is 172 cm³/mol. The number of hydrogen-bond donors (Lipinski definition) is 4. The number of pyridine rings is 3. The topological polar surface area (TPSA) is 185 Å². The van der Waals surface area contributed by atoms with Crippen LogP contribution in [0.25, 0.3) is 56.1 Å². The molecule has 7 rings (SSSR count). The number of nitrogens with two attached hydrogens (primary N) is 1. The monoisotopic (exact) mass is 639 g/mol. The summed E-state index contributed by atoms with van der Waals surface area (Å²) in [6.45, 7) is 0. The first-order valence-corrected chi connectivity index (χ1v) is 16.8. The summed E-state index contributed by atoms with van der Waals surface area (Å²) in [5.41, 5.74) is 11.4. The Labute approximate surface area is 263 Å². The largest absolute Gasteiger partial charge is 0.336 e. The minimum absolute atomic E-state index is 0.0191. The van der Waals surface area contributed by atoms with E-state index in [1.54, 1.807) is 24.7 Å². The molecule has 0 aliphatic heterocycles. The number of halogens is 1. The highest BCUT2D eigenvalue weighted by atomic mass is 32.2. The summed E-state index contributed by atoms with van der Waals surface area (Å²) in [6.07, 6.45) is 11.0. The van der Waals surface area contributed by atoms with Gasteiger partial charge in [0.25, 0.3) is 0 Å². The van der Waals surface area contributed by atoms with Crippen molar-refractivity contribution < 1.29 is 17.6 Å². The molecular formula is C32H30FN9O3S. The number of imidazole rings is 1. The maximum Gasteiger partial charge on any atom is 0.227 e. The highest BCUT2D eigenvalue weighted by Gasteiger charge is 2.23. The smallest absolute Gasteiger partial charge is 0.227 e. The van der Waals surface area contributed by atoms with Crippen molar-refractivity contribution in [2.45, 2.75) is 37.5 Å². The zero-order chi connectivity index (χ0) is 32.0. The van der Waals surface area contributed by atoms with Crippen molar-refractivity contribution in [1.82, 2.24) is 35.1 Å². The molecule has 0 bridgehead atoms. The van der Waals surface area contributed by atoms with Crippen molar-refractivity contribution in [1.29, 1.82) is 0 Å². The van der Waals surface area contributed by atoms with Gasteiger partial charge in [0.2, 0.25) is 5.91 Å².